The molecule has 1 aromatic carbocycles. The Morgan fingerprint density at radius 2 is 1.84 bits per heavy atom. The Morgan fingerprint density at radius 1 is 1.13 bits per heavy atom. The minimum atomic E-state index is -0.267. The van der Waals surface area contributed by atoms with E-state index in [9.17, 15) is 4.79 Å². The molecule has 0 spiro atoms. The molecule has 3 N–H and O–H groups in total. The summed E-state index contributed by atoms with van der Waals surface area (Å²) in [7, 11) is 0. The number of nitrogen functional groups attached to an aromatic ring is 1. The van der Waals surface area contributed by atoms with Gasteiger partial charge in [0.25, 0.3) is 0 Å². The summed E-state index contributed by atoms with van der Waals surface area (Å²) in [6.07, 6.45) is 2.84. The number of nitrogens with zero attached hydrogens (tertiary/aromatic N) is 2. The van der Waals surface area contributed by atoms with Gasteiger partial charge in [0.2, 0.25) is 11.3 Å². The number of fused-ring (bicyclic) bond motifs is 2. The molecule has 0 atom stereocenters. The van der Waals surface area contributed by atoms with E-state index < -0.39 is 0 Å². The summed E-state index contributed by atoms with van der Waals surface area (Å²) in [5, 5.41) is 4.11. The lowest BCUT2D eigenvalue weighted by molar-refractivity contribution is 0.302. The first kappa shape index (κ1) is 21.4. The third-order valence-corrected chi connectivity index (χ3v) is 5.54. The highest BCUT2D eigenvalue weighted by molar-refractivity contribution is 9.10. The highest BCUT2D eigenvalue weighted by atomic mass is 79.9. The van der Waals surface area contributed by atoms with Gasteiger partial charge in [-0.3, -0.25) is 9.20 Å². The van der Waals surface area contributed by atoms with Crippen LogP contribution < -0.4 is 16.5 Å². The van der Waals surface area contributed by atoms with Crippen molar-refractivity contribution in [1.82, 2.24) is 9.38 Å². The van der Waals surface area contributed by atoms with Crippen LogP contribution in [0.5, 0.6) is 0 Å². The lowest BCUT2D eigenvalue weighted by Gasteiger charge is -2.34. The van der Waals surface area contributed by atoms with Crippen molar-refractivity contribution in [3.63, 3.8) is 0 Å². The highest BCUT2D eigenvalue weighted by Crippen LogP contribution is 2.36. The Bertz CT molecular complexity index is 1350. The molecule has 3 heterocycles. The van der Waals surface area contributed by atoms with Crippen LogP contribution >= 0.6 is 15.9 Å². The third-order valence-electron chi connectivity index (χ3n) is 5.07. The maximum atomic E-state index is 13.4. The first-order valence-electron chi connectivity index (χ1n) is 10.2. The Balaban J connectivity index is 1.99. The van der Waals surface area contributed by atoms with Gasteiger partial charge in [0.05, 0.1) is 5.39 Å². The zero-order valence-electron chi connectivity index (χ0n) is 18.4. The molecule has 0 saturated carbocycles. The second-order valence-electron chi connectivity index (χ2n) is 9.80. The molecule has 0 unspecified atom stereocenters. The molecule has 6 nitrogen and oxygen atoms in total. The number of hydrogen-bond donors (Lipinski definition) is 2. The van der Waals surface area contributed by atoms with Crippen molar-refractivity contribution in [2.24, 2.45) is 5.41 Å². The minimum absolute atomic E-state index is 0.0582. The van der Waals surface area contributed by atoms with E-state index in [1.807, 2.05) is 34.9 Å². The van der Waals surface area contributed by atoms with Crippen molar-refractivity contribution in [2.45, 2.75) is 46.6 Å². The first-order chi connectivity index (χ1) is 14.5. The molecule has 31 heavy (non-hydrogen) atoms. The molecule has 3 aromatic heterocycles. The summed E-state index contributed by atoms with van der Waals surface area (Å²) in [5.74, 6) is 0.766. The number of aromatic nitrogens is 2. The number of benzene rings is 1. The molecule has 0 radical (unpaired) electrons. The molecule has 0 aliphatic heterocycles. The molecular formula is C24H27BrN4O2. The second kappa shape index (κ2) is 7.41. The number of nitrogens with one attached hydrogen (secondary N) is 1. The van der Waals surface area contributed by atoms with Gasteiger partial charge in [-0.2, -0.15) is 0 Å². The quantitative estimate of drug-likeness (QED) is 0.368. The van der Waals surface area contributed by atoms with E-state index in [1.54, 1.807) is 12.1 Å². The third kappa shape index (κ3) is 4.19. The fourth-order valence-electron chi connectivity index (χ4n) is 4.39. The summed E-state index contributed by atoms with van der Waals surface area (Å²) in [6.45, 7) is 10.9. The molecule has 0 aliphatic carbocycles. The molecule has 4 rings (SSSR count). The van der Waals surface area contributed by atoms with Crippen LogP contribution in [0, 0.1) is 5.41 Å². The Hall–Kier alpha value is -2.80. The molecule has 0 aliphatic rings. The lowest BCUT2D eigenvalue weighted by Crippen LogP contribution is -2.36. The Labute approximate surface area is 189 Å². The number of hydrogen-bond acceptors (Lipinski definition) is 5. The van der Waals surface area contributed by atoms with E-state index in [2.05, 4.69) is 55.9 Å². The van der Waals surface area contributed by atoms with E-state index in [1.165, 1.54) is 0 Å². The number of nitrogens with two attached hydrogens (primary N) is 1. The van der Waals surface area contributed by atoms with Gasteiger partial charge in [0.15, 0.2) is 0 Å². The second-order valence-corrected chi connectivity index (χ2v) is 10.7. The maximum Gasteiger partial charge on any atom is 0.204 e. The van der Waals surface area contributed by atoms with Crippen LogP contribution in [0.4, 0.5) is 11.7 Å². The van der Waals surface area contributed by atoms with E-state index in [4.69, 9.17) is 15.1 Å². The number of para-hydroxylation sites is 1. The van der Waals surface area contributed by atoms with Crippen molar-refractivity contribution in [3.05, 3.63) is 57.3 Å². The number of rotatable bonds is 4. The zero-order chi connectivity index (χ0) is 22.6. The van der Waals surface area contributed by atoms with Gasteiger partial charge in [-0.15, -0.1) is 0 Å². The number of pyridine rings is 1. The van der Waals surface area contributed by atoms with Crippen LogP contribution in [-0.2, 0) is 0 Å². The SMILES string of the molecule is CC(C)(C)CC(C)(C)Nc1c(-c2c(N)oc3ccccc3c2=O)nc2ccc(Br)cn12. The summed E-state index contributed by atoms with van der Waals surface area (Å²) in [4.78, 5) is 18.2. The average molecular weight is 483 g/mol. The molecule has 0 bridgehead atoms. The van der Waals surface area contributed by atoms with Crippen LogP contribution in [0.25, 0.3) is 27.9 Å². The number of halogens is 1. The van der Waals surface area contributed by atoms with Gasteiger partial charge >= 0.3 is 0 Å². The van der Waals surface area contributed by atoms with Gasteiger partial charge in [-0.25, -0.2) is 4.98 Å². The van der Waals surface area contributed by atoms with Crippen molar-refractivity contribution < 1.29 is 4.42 Å². The smallest absolute Gasteiger partial charge is 0.204 e. The highest BCUT2D eigenvalue weighted by Gasteiger charge is 2.29. The molecule has 162 valence electrons. The Morgan fingerprint density at radius 3 is 2.55 bits per heavy atom. The summed E-state index contributed by atoms with van der Waals surface area (Å²) < 4.78 is 8.65. The van der Waals surface area contributed by atoms with E-state index in [0.717, 1.165) is 10.9 Å². The summed E-state index contributed by atoms with van der Waals surface area (Å²) in [5.41, 5.74) is 7.82. The lowest BCUT2D eigenvalue weighted by atomic mass is 9.82. The normalized spacial score (nSPS) is 12.6. The molecular weight excluding hydrogens is 456 g/mol. The van der Waals surface area contributed by atoms with Gasteiger partial charge < -0.3 is 15.5 Å². The standard InChI is InChI=1S/C24H27BrN4O2/c1-23(2,3)13-24(4,5)28-22-19(27-17-11-10-14(25)12-29(17)22)18-20(30)15-8-6-7-9-16(15)31-21(18)26/h6-12,28H,13,26H2,1-5H3. The predicted molar refractivity (Wildman–Crippen MR) is 131 cm³/mol. The first-order valence-corrected chi connectivity index (χ1v) is 11.0. The van der Waals surface area contributed by atoms with Crippen molar-refractivity contribution in [1.29, 1.82) is 0 Å². The van der Waals surface area contributed by atoms with Gasteiger partial charge in [-0.05, 0) is 65.9 Å². The van der Waals surface area contributed by atoms with Gasteiger partial charge in [0.1, 0.15) is 28.3 Å². The average Bonchev–Trinajstić information content (AvgIpc) is 2.96. The topological polar surface area (TPSA) is 85.6 Å². The summed E-state index contributed by atoms with van der Waals surface area (Å²) >= 11 is 3.54. The van der Waals surface area contributed by atoms with E-state index in [0.29, 0.717) is 28.1 Å². The van der Waals surface area contributed by atoms with Crippen molar-refractivity contribution in [3.8, 4) is 11.3 Å². The van der Waals surface area contributed by atoms with E-state index >= 15 is 0 Å². The van der Waals surface area contributed by atoms with Crippen molar-refractivity contribution >= 4 is 44.2 Å². The zero-order valence-corrected chi connectivity index (χ0v) is 20.0. The van der Waals surface area contributed by atoms with Crippen LogP contribution in [0.3, 0.4) is 0 Å². The van der Waals surface area contributed by atoms with Gasteiger partial charge in [0, 0.05) is 16.2 Å². The fourth-order valence-corrected chi connectivity index (χ4v) is 4.72. The Kier molecular flexibility index (Phi) is 5.12. The molecule has 0 amide bonds. The monoisotopic (exact) mass is 482 g/mol. The fraction of sp³-hybridized carbons (Fsp3) is 0.333. The number of imidazole rings is 1. The molecule has 4 aromatic rings. The summed E-state index contributed by atoms with van der Waals surface area (Å²) in [6, 6.07) is 10.9. The maximum absolute atomic E-state index is 13.4. The van der Waals surface area contributed by atoms with Crippen LogP contribution in [0.1, 0.15) is 41.0 Å². The predicted octanol–water partition coefficient (Wildman–Crippen LogP) is 6.08. The molecule has 0 saturated heterocycles. The number of anilines is 2. The largest absolute Gasteiger partial charge is 0.440 e. The van der Waals surface area contributed by atoms with Crippen LogP contribution in [-0.4, -0.2) is 14.9 Å². The van der Waals surface area contributed by atoms with E-state index in [-0.39, 0.29) is 27.8 Å². The molecule has 0 fully saturated rings. The van der Waals surface area contributed by atoms with Crippen LogP contribution in [0.15, 0.2) is 56.3 Å². The minimum Gasteiger partial charge on any atom is -0.440 e. The van der Waals surface area contributed by atoms with Crippen molar-refractivity contribution in [2.75, 3.05) is 11.1 Å². The van der Waals surface area contributed by atoms with Gasteiger partial charge in [-0.1, -0.05) is 32.9 Å². The molecule has 7 heteroatoms. The van der Waals surface area contributed by atoms with Crippen LogP contribution in [0.2, 0.25) is 0 Å².